The number of hydrogen-bond acceptors (Lipinski definition) is 3. The maximum atomic E-state index is 11.9. The zero-order valence-electron chi connectivity index (χ0n) is 9.29. The van der Waals surface area contributed by atoms with E-state index in [9.17, 15) is 9.90 Å². The first-order chi connectivity index (χ1) is 7.66. The molecule has 3 N–H and O–H groups in total. The maximum absolute atomic E-state index is 11.9. The van der Waals surface area contributed by atoms with E-state index in [4.69, 9.17) is 0 Å². The third kappa shape index (κ3) is 2.33. The molecule has 1 aromatic rings. The average Bonchev–Trinajstić information content (AvgIpc) is 2.74. The third-order valence-electron chi connectivity index (χ3n) is 2.79. The maximum Gasteiger partial charge on any atom is 0.255 e. The van der Waals surface area contributed by atoms with Crippen molar-refractivity contribution < 1.29 is 9.90 Å². The van der Waals surface area contributed by atoms with E-state index in [1.165, 1.54) is 0 Å². The van der Waals surface area contributed by atoms with Gasteiger partial charge < -0.3 is 15.7 Å². The first-order valence-electron chi connectivity index (χ1n) is 5.48. The van der Waals surface area contributed by atoms with E-state index in [-0.39, 0.29) is 17.7 Å². The molecular formula is C12H16N2O2. The summed E-state index contributed by atoms with van der Waals surface area (Å²) in [5.41, 5.74) is 1.32. The van der Waals surface area contributed by atoms with Crippen molar-refractivity contribution in [3.05, 3.63) is 29.3 Å². The van der Waals surface area contributed by atoms with Gasteiger partial charge in [-0.2, -0.15) is 0 Å². The lowest BCUT2D eigenvalue weighted by Crippen LogP contribution is -2.36. The molecule has 1 aliphatic rings. The van der Waals surface area contributed by atoms with Crippen molar-refractivity contribution in [1.82, 2.24) is 10.6 Å². The van der Waals surface area contributed by atoms with Crippen molar-refractivity contribution in [2.45, 2.75) is 19.4 Å². The fourth-order valence-corrected chi connectivity index (χ4v) is 1.87. The Labute approximate surface area is 94.7 Å². The summed E-state index contributed by atoms with van der Waals surface area (Å²) in [6.07, 6.45) is 0.943. The van der Waals surface area contributed by atoms with Crippen LogP contribution in [0.25, 0.3) is 0 Å². The quantitative estimate of drug-likeness (QED) is 0.690. The van der Waals surface area contributed by atoms with E-state index in [1.54, 1.807) is 18.2 Å². The standard InChI is InChI=1S/C12H16N2O2/c1-8-2-3-11(15)10(6-8)12(16)14-9-4-5-13-7-9/h2-3,6,9,13,15H,4-5,7H2,1H3,(H,14,16)/t9-/m1/s1. The SMILES string of the molecule is Cc1ccc(O)c(C(=O)N[C@@H]2CCNC2)c1. The summed E-state index contributed by atoms with van der Waals surface area (Å²) < 4.78 is 0. The van der Waals surface area contributed by atoms with Crippen LogP contribution in [0, 0.1) is 6.92 Å². The lowest BCUT2D eigenvalue weighted by atomic mass is 10.1. The first kappa shape index (κ1) is 11.0. The Hall–Kier alpha value is -1.55. The number of aryl methyl sites for hydroxylation is 1. The molecule has 0 radical (unpaired) electrons. The lowest BCUT2D eigenvalue weighted by molar-refractivity contribution is 0.0937. The zero-order valence-corrected chi connectivity index (χ0v) is 9.29. The fraction of sp³-hybridized carbons (Fsp3) is 0.417. The molecule has 1 atom stereocenters. The van der Waals surface area contributed by atoms with E-state index in [1.807, 2.05) is 6.92 Å². The van der Waals surface area contributed by atoms with Gasteiger partial charge in [-0.05, 0) is 32.0 Å². The molecule has 4 heteroatoms. The second-order valence-corrected chi connectivity index (χ2v) is 4.18. The number of aromatic hydroxyl groups is 1. The normalized spacial score (nSPS) is 19.7. The van der Waals surface area contributed by atoms with Crippen LogP contribution in [0.3, 0.4) is 0 Å². The van der Waals surface area contributed by atoms with Gasteiger partial charge in [-0.15, -0.1) is 0 Å². The second kappa shape index (κ2) is 4.53. The molecule has 4 nitrogen and oxygen atoms in total. The lowest BCUT2D eigenvalue weighted by Gasteiger charge is -2.12. The summed E-state index contributed by atoms with van der Waals surface area (Å²) >= 11 is 0. The number of hydrogen-bond donors (Lipinski definition) is 3. The number of phenolic OH excluding ortho intramolecular Hbond substituents is 1. The van der Waals surface area contributed by atoms with Crippen LogP contribution in [0.2, 0.25) is 0 Å². The highest BCUT2D eigenvalue weighted by Crippen LogP contribution is 2.18. The molecule has 1 fully saturated rings. The summed E-state index contributed by atoms with van der Waals surface area (Å²) in [5.74, 6) is -0.163. The minimum Gasteiger partial charge on any atom is -0.507 e. The van der Waals surface area contributed by atoms with Gasteiger partial charge in [-0.3, -0.25) is 4.79 Å². The molecule has 0 saturated carbocycles. The van der Waals surface area contributed by atoms with Gasteiger partial charge in [-0.25, -0.2) is 0 Å². The van der Waals surface area contributed by atoms with E-state index < -0.39 is 0 Å². The van der Waals surface area contributed by atoms with Gasteiger partial charge in [0.2, 0.25) is 0 Å². The minimum absolute atomic E-state index is 0.0362. The molecular weight excluding hydrogens is 204 g/mol. The average molecular weight is 220 g/mol. The van der Waals surface area contributed by atoms with Gasteiger partial charge in [0.05, 0.1) is 5.56 Å². The molecule has 0 bridgehead atoms. The van der Waals surface area contributed by atoms with E-state index >= 15 is 0 Å². The van der Waals surface area contributed by atoms with Crippen molar-refractivity contribution in [2.75, 3.05) is 13.1 Å². The Balaban J connectivity index is 2.10. The van der Waals surface area contributed by atoms with E-state index in [2.05, 4.69) is 10.6 Å². The molecule has 2 rings (SSSR count). The van der Waals surface area contributed by atoms with Gasteiger partial charge in [0.15, 0.2) is 0 Å². The molecule has 16 heavy (non-hydrogen) atoms. The Bertz CT molecular complexity index is 398. The number of carbonyl (C=O) groups is 1. The number of phenols is 1. The molecule has 86 valence electrons. The van der Waals surface area contributed by atoms with Crippen LogP contribution in [-0.2, 0) is 0 Å². The third-order valence-corrected chi connectivity index (χ3v) is 2.79. The van der Waals surface area contributed by atoms with Crippen LogP contribution >= 0.6 is 0 Å². The van der Waals surface area contributed by atoms with Gasteiger partial charge in [0, 0.05) is 12.6 Å². The Morgan fingerprint density at radius 3 is 3.06 bits per heavy atom. The highest BCUT2D eigenvalue weighted by molar-refractivity contribution is 5.97. The molecule has 1 saturated heterocycles. The molecule has 1 amide bonds. The van der Waals surface area contributed by atoms with Crippen molar-refractivity contribution in [2.24, 2.45) is 0 Å². The molecule has 1 heterocycles. The van der Waals surface area contributed by atoms with E-state index in [0.29, 0.717) is 5.56 Å². The smallest absolute Gasteiger partial charge is 0.255 e. The minimum atomic E-state index is -0.199. The van der Waals surface area contributed by atoms with Crippen LogP contribution in [-0.4, -0.2) is 30.1 Å². The molecule has 1 aromatic carbocycles. The van der Waals surface area contributed by atoms with Crippen LogP contribution in [0.5, 0.6) is 5.75 Å². The Morgan fingerprint density at radius 1 is 1.56 bits per heavy atom. The van der Waals surface area contributed by atoms with Crippen molar-refractivity contribution in [3.8, 4) is 5.75 Å². The molecule has 0 aromatic heterocycles. The van der Waals surface area contributed by atoms with Gasteiger partial charge in [0.25, 0.3) is 5.91 Å². The number of nitrogens with one attached hydrogen (secondary N) is 2. The Kier molecular flexibility index (Phi) is 3.10. The fourth-order valence-electron chi connectivity index (χ4n) is 1.87. The summed E-state index contributed by atoms with van der Waals surface area (Å²) in [5, 5.41) is 15.7. The predicted molar refractivity (Wildman–Crippen MR) is 61.6 cm³/mol. The predicted octanol–water partition coefficient (Wildman–Crippen LogP) is 0.792. The number of amides is 1. The number of carbonyl (C=O) groups excluding carboxylic acids is 1. The summed E-state index contributed by atoms with van der Waals surface area (Å²) in [7, 11) is 0. The second-order valence-electron chi connectivity index (χ2n) is 4.18. The van der Waals surface area contributed by atoms with Crippen molar-refractivity contribution in [3.63, 3.8) is 0 Å². The Morgan fingerprint density at radius 2 is 2.38 bits per heavy atom. The van der Waals surface area contributed by atoms with Crippen LogP contribution < -0.4 is 10.6 Å². The summed E-state index contributed by atoms with van der Waals surface area (Å²) in [4.78, 5) is 11.9. The topological polar surface area (TPSA) is 61.4 Å². The molecule has 0 aliphatic carbocycles. The zero-order chi connectivity index (χ0) is 11.5. The summed E-state index contributed by atoms with van der Waals surface area (Å²) in [6, 6.07) is 5.21. The number of rotatable bonds is 2. The summed E-state index contributed by atoms with van der Waals surface area (Å²) in [6.45, 7) is 3.64. The largest absolute Gasteiger partial charge is 0.507 e. The van der Waals surface area contributed by atoms with Crippen LogP contribution in [0.15, 0.2) is 18.2 Å². The highest BCUT2D eigenvalue weighted by Gasteiger charge is 2.19. The number of benzene rings is 1. The van der Waals surface area contributed by atoms with Crippen molar-refractivity contribution in [1.29, 1.82) is 0 Å². The molecule has 1 aliphatic heterocycles. The highest BCUT2D eigenvalue weighted by atomic mass is 16.3. The van der Waals surface area contributed by atoms with E-state index in [0.717, 1.165) is 25.1 Å². The van der Waals surface area contributed by atoms with Gasteiger partial charge >= 0.3 is 0 Å². The monoisotopic (exact) mass is 220 g/mol. The molecule has 0 unspecified atom stereocenters. The van der Waals surface area contributed by atoms with Gasteiger partial charge in [-0.1, -0.05) is 11.6 Å². The van der Waals surface area contributed by atoms with Crippen molar-refractivity contribution >= 4 is 5.91 Å². The van der Waals surface area contributed by atoms with Crippen LogP contribution in [0.4, 0.5) is 0 Å². The molecule has 0 spiro atoms. The van der Waals surface area contributed by atoms with Gasteiger partial charge in [0.1, 0.15) is 5.75 Å². The first-order valence-corrected chi connectivity index (χ1v) is 5.48. The van der Waals surface area contributed by atoms with Crippen LogP contribution in [0.1, 0.15) is 22.3 Å².